The van der Waals surface area contributed by atoms with Crippen molar-refractivity contribution in [1.82, 2.24) is 5.32 Å². The molecule has 0 radical (unpaired) electrons. The van der Waals surface area contributed by atoms with Gasteiger partial charge in [0.15, 0.2) is 0 Å². The Morgan fingerprint density at radius 2 is 2.18 bits per heavy atom. The zero-order valence-electron chi connectivity index (χ0n) is 10.4. The van der Waals surface area contributed by atoms with Gasteiger partial charge in [-0.05, 0) is 37.6 Å². The van der Waals surface area contributed by atoms with E-state index < -0.39 is 6.04 Å². The maximum atomic E-state index is 13.4. The van der Waals surface area contributed by atoms with E-state index in [2.05, 4.69) is 5.32 Å². The number of esters is 1. The van der Waals surface area contributed by atoms with E-state index in [9.17, 15) is 9.18 Å². The van der Waals surface area contributed by atoms with Gasteiger partial charge in [-0.15, -0.1) is 0 Å². The first-order valence-electron chi connectivity index (χ1n) is 5.76. The molecule has 0 aliphatic carbocycles. The van der Waals surface area contributed by atoms with Crippen molar-refractivity contribution in [3.8, 4) is 0 Å². The van der Waals surface area contributed by atoms with Crippen LogP contribution in [0, 0.1) is 12.7 Å². The van der Waals surface area contributed by atoms with Gasteiger partial charge in [0.2, 0.25) is 0 Å². The maximum absolute atomic E-state index is 13.4. The molecule has 1 unspecified atom stereocenters. The van der Waals surface area contributed by atoms with E-state index in [4.69, 9.17) is 4.74 Å². The summed E-state index contributed by atoms with van der Waals surface area (Å²) in [6.07, 6.45) is 0. The van der Waals surface area contributed by atoms with Crippen LogP contribution in [-0.4, -0.2) is 19.1 Å². The molecule has 3 nitrogen and oxygen atoms in total. The van der Waals surface area contributed by atoms with Crippen molar-refractivity contribution in [3.63, 3.8) is 0 Å². The predicted octanol–water partition coefficient (Wildman–Crippen LogP) is 2.35. The van der Waals surface area contributed by atoms with Gasteiger partial charge in [-0.2, -0.15) is 0 Å². The minimum atomic E-state index is -0.602. The Kier molecular flexibility index (Phi) is 5.10. The Morgan fingerprint density at radius 3 is 2.71 bits per heavy atom. The molecule has 1 N–H and O–H groups in total. The Labute approximate surface area is 101 Å². The van der Waals surface area contributed by atoms with Gasteiger partial charge in [0.1, 0.15) is 11.9 Å². The van der Waals surface area contributed by atoms with Crippen molar-refractivity contribution in [3.05, 3.63) is 35.1 Å². The number of likely N-dealkylation sites (N-methyl/N-ethyl adjacent to an activating group) is 1. The van der Waals surface area contributed by atoms with E-state index in [-0.39, 0.29) is 11.8 Å². The molecule has 1 atom stereocenters. The van der Waals surface area contributed by atoms with Gasteiger partial charge >= 0.3 is 5.97 Å². The Balaban J connectivity index is 2.96. The Morgan fingerprint density at radius 1 is 1.47 bits per heavy atom. The standard InChI is InChI=1S/C13H18FNO2/c1-4-15-12(13(16)17-5-2)10-7-6-9(3)11(14)8-10/h6-8,12,15H,4-5H2,1-3H3. The molecule has 0 heterocycles. The van der Waals surface area contributed by atoms with Crippen molar-refractivity contribution in [2.24, 2.45) is 0 Å². The second kappa shape index (κ2) is 6.35. The fourth-order valence-electron chi connectivity index (χ4n) is 1.56. The Bertz CT molecular complexity index is 393. The number of halogens is 1. The van der Waals surface area contributed by atoms with Crippen LogP contribution in [0.2, 0.25) is 0 Å². The SMILES string of the molecule is CCNC(C(=O)OCC)c1ccc(C)c(F)c1. The van der Waals surface area contributed by atoms with Crippen molar-refractivity contribution < 1.29 is 13.9 Å². The number of rotatable bonds is 5. The van der Waals surface area contributed by atoms with Crippen molar-refractivity contribution in [1.29, 1.82) is 0 Å². The zero-order chi connectivity index (χ0) is 12.8. The molecule has 0 saturated carbocycles. The lowest BCUT2D eigenvalue weighted by atomic mass is 10.0. The first kappa shape index (κ1) is 13.6. The highest BCUT2D eigenvalue weighted by Gasteiger charge is 2.21. The monoisotopic (exact) mass is 239 g/mol. The topological polar surface area (TPSA) is 38.3 Å². The second-order valence-corrected chi connectivity index (χ2v) is 3.75. The summed E-state index contributed by atoms with van der Waals surface area (Å²) in [5, 5.41) is 2.99. The summed E-state index contributed by atoms with van der Waals surface area (Å²) in [6.45, 7) is 6.24. The highest BCUT2D eigenvalue weighted by Crippen LogP contribution is 2.18. The van der Waals surface area contributed by atoms with E-state index in [1.165, 1.54) is 6.07 Å². The van der Waals surface area contributed by atoms with Crippen LogP contribution in [0.5, 0.6) is 0 Å². The molecule has 0 amide bonds. The van der Waals surface area contributed by atoms with Crippen LogP contribution < -0.4 is 5.32 Å². The molecule has 94 valence electrons. The van der Waals surface area contributed by atoms with E-state index in [1.54, 1.807) is 26.0 Å². The predicted molar refractivity (Wildman–Crippen MR) is 64.2 cm³/mol. The number of nitrogens with one attached hydrogen (secondary N) is 1. The minimum absolute atomic E-state index is 0.310. The molecular formula is C13H18FNO2. The van der Waals surface area contributed by atoms with Gasteiger partial charge in [-0.1, -0.05) is 19.1 Å². The van der Waals surface area contributed by atoms with Crippen molar-refractivity contribution >= 4 is 5.97 Å². The first-order valence-corrected chi connectivity index (χ1v) is 5.76. The number of hydrogen-bond donors (Lipinski definition) is 1. The second-order valence-electron chi connectivity index (χ2n) is 3.75. The quantitative estimate of drug-likeness (QED) is 0.801. The van der Waals surface area contributed by atoms with Crippen LogP contribution in [0.4, 0.5) is 4.39 Å². The fraction of sp³-hybridized carbons (Fsp3) is 0.462. The molecule has 0 bridgehead atoms. The number of aryl methyl sites for hydroxylation is 1. The molecule has 1 aromatic rings. The maximum Gasteiger partial charge on any atom is 0.327 e. The molecular weight excluding hydrogens is 221 g/mol. The van der Waals surface area contributed by atoms with Gasteiger partial charge in [-0.25, -0.2) is 9.18 Å². The van der Waals surface area contributed by atoms with Crippen LogP contribution in [-0.2, 0) is 9.53 Å². The molecule has 0 aromatic heterocycles. The molecule has 0 aliphatic rings. The summed E-state index contributed by atoms with van der Waals surface area (Å²) >= 11 is 0. The summed E-state index contributed by atoms with van der Waals surface area (Å²) in [5.74, 6) is -0.688. The van der Waals surface area contributed by atoms with E-state index in [1.807, 2.05) is 6.92 Å². The van der Waals surface area contributed by atoms with E-state index >= 15 is 0 Å². The largest absolute Gasteiger partial charge is 0.465 e. The lowest BCUT2D eigenvalue weighted by Gasteiger charge is -2.17. The summed E-state index contributed by atoms with van der Waals surface area (Å²) in [7, 11) is 0. The molecule has 0 spiro atoms. The zero-order valence-corrected chi connectivity index (χ0v) is 10.4. The van der Waals surface area contributed by atoms with Crippen LogP contribution in [0.15, 0.2) is 18.2 Å². The van der Waals surface area contributed by atoms with Crippen molar-refractivity contribution in [2.45, 2.75) is 26.8 Å². The Hall–Kier alpha value is -1.42. The molecule has 0 fully saturated rings. The number of hydrogen-bond acceptors (Lipinski definition) is 3. The third-order valence-corrected chi connectivity index (χ3v) is 2.46. The fourth-order valence-corrected chi connectivity index (χ4v) is 1.56. The van der Waals surface area contributed by atoms with Gasteiger partial charge in [-0.3, -0.25) is 0 Å². The molecule has 0 aliphatic heterocycles. The minimum Gasteiger partial charge on any atom is -0.465 e. The summed E-state index contributed by atoms with van der Waals surface area (Å²) in [6, 6.07) is 4.17. The summed E-state index contributed by atoms with van der Waals surface area (Å²) in [5.41, 5.74) is 1.15. The van der Waals surface area contributed by atoms with Gasteiger partial charge in [0.25, 0.3) is 0 Å². The molecule has 1 aromatic carbocycles. The first-order chi connectivity index (χ1) is 8.10. The normalized spacial score (nSPS) is 12.2. The van der Waals surface area contributed by atoms with Crippen LogP contribution in [0.1, 0.15) is 31.0 Å². The lowest BCUT2D eigenvalue weighted by Crippen LogP contribution is -2.30. The number of carbonyl (C=O) groups is 1. The third-order valence-electron chi connectivity index (χ3n) is 2.46. The number of ether oxygens (including phenoxy) is 1. The number of carbonyl (C=O) groups excluding carboxylic acids is 1. The van der Waals surface area contributed by atoms with Gasteiger partial charge < -0.3 is 10.1 Å². The van der Waals surface area contributed by atoms with Crippen molar-refractivity contribution in [2.75, 3.05) is 13.2 Å². The van der Waals surface area contributed by atoms with E-state index in [0.29, 0.717) is 24.3 Å². The van der Waals surface area contributed by atoms with Crippen LogP contribution >= 0.6 is 0 Å². The number of benzene rings is 1. The molecule has 1 rings (SSSR count). The van der Waals surface area contributed by atoms with Gasteiger partial charge in [0.05, 0.1) is 6.61 Å². The average molecular weight is 239 g/mol. The van der Waals surface area contributed by atoms with E-state index in [0.717, 1.165) is 0 Å². The highest BCUT2D eigenvalue weighted by molar-refractivity contribution is 5.77. The summed E-state index contributed by atoms with van der Waals surface area (Å²) in [4.78, 5) is 11.7. The summed E-state index contributed by atoms with van der Waals surface area (Å²) < 4.78 is 18.4. The highest BCUT2D eigenvalue weighted by atomic mass is 19.1. The molecule has 0 saturated heterocycles. The molecule has 4 heteroatoms. The van der Waals surface area contributed by atoms with Crippen LogP contribution in [0.3, 0.4) is 0 Å². The lowest BCUT2D eigenvalue weighted by molar-refractivity contribution is -0.145. The van der Waals surface area contributed by atoms with Crippen LogP contribution in [0.25, 0.3) is 0 Å². The molecule has 17 heavy (non-hydrogen) atoms. The smallest absolute Gasteiger partial charge is 0.327 e. The van der Waals surface area contributed by atoms with Gasteiger partial charge in [0, 0.05) is 0 Å². The third kappa shape index (κ3) is 3.53. The average Bonchev–Trinajstić information content (AvgIpc) is 2.30.